The van der Waals surface area contributed by atoms with Crippen LogP contribution in [0.5, 0.6) is 0 Å². The molecule has 26 heavy (non-hydrogen) atoms. The van der Waals surface area contributed by atoms with Crippen LogP contribution in [0.2, 0.25) is 0 Å². The van der Waals surface area contributed by atoms with E-state index in [1.54, 1.807) is 0 Å². The summed E-state index contributed by atoms with van der Waals surface area (Å²) < 4.78 is 27.9. The van der Waals surface area contributed by atoms with Crippen molar-refractivity contribution in [1.82, 2.24) is 0 Å². The molecule has 0 saturated carbocycles. The topological polar surface area (TPSA) is 49.4 Å². The average molecular weight is 358 g/mol. The lowest BCUT2D eigenvalue weighted by molar-refractivity contribution is -0.122. The maximum Gasteiger partial charge on any atom is 0.229 e. The number of para-hydroxylation sites is 2. The molecule has 2 aromatic rings. The van der Waals surface area contributed by atoms with Crippen LogP contribution in [0.3, 0.4) is 0 Å². The summed E-state index contributed by atoms with van der Waals surface area (Å²) in [7, 11) is 0. The van der Waals surface area contributed by atoms with Gasteiger partial charge in [-0.1, -0.05) is 31.2 Å². The Morgan fingerprint density at radius 2 is 1.85 bits per heavy atom. The van der Waals surface area contributed by atoms with Crippen molar-refractivity contribution in [3.63, 3.8) is 0 Å². The molecule has 4 nitrogen and oxygen atoms in total. The molecule has 1 saturated heterocycles. The standard InChI is InChI=1S/C20H20F2N2O2/c1-3-13-7-4-6-12(2)18(13)23-20(26)14-10-17(25)24(11-14)19-15(21)8-5-9-16(19)22/h4-9,14H,3,10-11H2,1-2H3,(H,23,26). The summed E-state index contributed by atoms with van der Waals surface area (Å²) in [6, 6.07) is 9.19. The van der Waals surface area contributed by atoms with Crippen LogP contribution in [0, 0.1) is 24.5 Å². The van der Waals surface area contributed by atoms with Gasteiger partial charge in [0.15, 0.2) is 0 Å². The highest BCUT2D eigenvalue weighted by Gasteiger charge is 2.37. The van der Waals surface area contributed by atoms with Gasteiger partial charge >= 0.3 is 0 Å². The van der Waals surface area contributed by atoms with Crippen LogP contribution in [0.25, 0.3) is 0 Å². The zero-order valence-electron chi connectivity index (χ0n) is 14.7. The number of hydrogen-bond acceptors (Lipinski definition) is 2. The van der Waals surface area contributed by atoms with E-state index in [0.717, 1.165) is 40.3 Å². The summed E-state index contributed by atoms with van der Waals surface area (Å²) in [5.41, 5.74) is 2.28. The number of carbonyl (C=O) groups excluding carboxylic acids is 2. The van der Waals surface area contributed by atoms with E-state index in [2.05, 4.69) is 5.32 Å². The van der Waals surface area contributed by atoms with Crippen LogP contribution in [0.15, 0.2) is 36.4 Å². The fourth-order valence-electron chi connectivity index (χ4n) is 3.27. The molecular weight excluding hydrogens is 338 g/mol. The molecule has 2 aromatic carbocycles. The molecule has 2 amide bonds. The summed E-state index contributed by atoms with van der Waals surface area (Å²) in [6.07, 6.45) is 0.681. The van der Waals surface area contributed by atoms with Gasteiger partial charge in [0.2, 0.25) is 11.8 Å². The monoisotopic (exact) mass is 358 g/mol. The van der Waals surface area contributed by atoms with Crippen molar-refractivity contribution >= 4 is 23.2 Å². The molecule has 0 radical (unpaired) electrons. The SMILES string of the molecule is CCc1cccc(C)c1NC(=O)C1CC(=O)N(c2c(F)cccc2F)C1. The number of amides is 2. The van der Waals surface area contributed by atoms with Crippen LogP contribution >= 0.6 is 0 Å². The van der Waals surface area contributed by atoms with Crippen molar-refractivity contribution in [2.75, 3.05) is 16.8 Å². The van der Waals surface area contributed by atoms with Gasteiger partial charge in [0.1, 0.15) is 17.3 Å². The summed E-state index contributed by atoms with van der Waals surface area (Å²) >= 11 is 0. The molecule has 1 aliphatic rings. The van der Waals surface area contributed by atoms with Crippen LogP contribution in [0.1, 0.15) is 24.5 Å². The molecular formula is C20H20F2N2O2. The van der Waals surface area contributed by atoms with Crippen LogP contribution < -0.4 is 10.2 Å². The van der Waals surface area contributed by atoms with Gasteiger partial charge in [-0.05, 0) is 36.6 Å². The molecule has 1 unspecified atom stereocenters. The molecule has 6 heteroatoms. The number of carbonyl (C=O) groups is 2. The highest BCUT2D eigenvalue weighted by Crippen LogP contribution is 2.31. The quantitative estimate of drug-likeness (QED) is 0.903. The Morgan fingerprint density at radius 3 is 2.50 bits per heavy atom. The predicted octanol–water partition coefficient (Wildman–Crippen LogP) is 3.83. The molecule has 0 spiro atoms. The van der Waals surface area contributed by atoms with Crippen LogP contribution in [0.4, 0.5) is 20.2 Å². The second-order valence-corrected chi connectivity index (χ2v) is 6.43. The maximum atomic E-state index is 14.0. The Kier molecular flexibility index (Phi) is 5.02. The van der Waals surface area contributed by atoms with Crippen molar-refractivity contribution in [3.8, 4) is 0 Å². The van der Waals surface area contributed by atoms with E-state index in [9.17, 15) is 18.4 Å². The van der Waals surface area contributed by atoms with E-state index in [-0.39, 0.29) is 18.9 Å². The molecule has 136 valence electrons. The third-order valence-electron chi connectivity index (χ3n) is 4.69. The fraction of sp³-hybridized carbons (Fsp3) is 0.300. The number of hydrogen-bond donors (Lipinski definition) is 1. The first-order valence-corrected chi connectivity index (χ1v) is 8.56. The second-order valence-electron chi connectivity index (χ2n) is 6.43. The van der Waals surface area contributed by atoms with Gasteiger partial charge in [-0.15, -0.1) is 0 Å². The van der Waals surface area contributed by atoms with Gasteiger partial charge in [0.05, 0.1) is 5.92 Å². The molecule has 1 atom stereocenters. The predicted molar refractivity (Wildman–Crippen MR) is 96.0 cm³/mol. The van der Waals surface area contributed by atoms with E-state index in [1.165, 1.54) is 6.07 Å². The first kappa shape index (κ1) is 18.0. The van der Waals surface area contributed by atoms with E-state index in [1.807, 2.05) is 32.0 Å². The molecule has 1 aliphatic heterocycles. The van der Waals surface area contributed by atoms with Crippen molar-refractivity contribution in [2.45, 2.75) is 26.7 Å². The van der Waals surface area contributed by atoms with Gasteiger partial charge in [-0.2, -0.15) is 0 Å². The minimum absolute atomic E-state index is 0.0458. The lowest BCUT2D eigenvalue weighted by atomic mass is 10.0. The van der Waals surface area contributed by atoms with E-state index in [0.29, 0.717) is 0 Å². The van der Waals surface area contributed by atoms with Gasteiger partial charge < -0.3 is 10.2 Å². The number of rotatable bonds is 4. The fourth-order valence-corrected chi connectivity index (χ4v) is 3.27. The molecule has 3 rings (SSSR count). The summed E-state index contributed by atoms with van der Waals surface area (Å²) in [4.78, 5) is 25.9. The van der Waals surface area contributed by atoms with Gasteiger partial charge in [-0.25, -0.2) is 8.78 Å². The minimum atomic E-state index is -0.813. The maximum absolute atomic E-state index is 14.0. The number of aryl methyl sites for hydroxylation is 2. The molecule has 1 fully saturated rings. The highest BCUT2D eigenvalue weighted by molar-refractivity contribution is 6.04. The Labute approximate surface area is 150 Å². The minimum Gasteiger partial charge on any atom is -0.325 e. The van der Waals surface area contributed by atoms with E-state index >= 15 is 0 Å². The van der Waals surface area contributed by atoms with Crippen molar-refractivity contribution in [2.24, 2.45) is 5.92 Å². The number of anilines is 2. The lowest BCUT2D eigenvalue weighted by Crippen LogP contribution is -2.29. The normalized spacial score (nSPS) is 16.8. The molecule has 0 bridgehead atoms. The summed E-state index contributed by atoms with van der Waals surface area (Å²) in [6.45, 7) is 3.84. The highest BCUT2D eigenvalue weighted by atomic mass is 19.1. The third kappa shape index (κ3) is 3.31. The van der Waals surface area contributed by atoms with Crippen molar-refractivity contribution in [1.29, 1.82) is 0 Å². The Hall–Kier alpha value is -2.76. The number of nitrogens with one attached hydrogen (secondary N) is 1. The first-order chi connectivity index (χ1) is 12.4. The number of benzene rings is 2. The molecule has 0 aromatic heterocycles. The third-order valence-corrected chi connectivity index (χ3v) is 4.69. The summed E-state index contributed by atoms with van der Waals surface area (Å²) in [5, 5.41) is 2.89. The zero-order chi connectivity index (χ0) is 18.8. The number of halogens is 2. The van der Waals surface area contributed by atoms with Crippen molar-refractivity contribution < 1.29 is 18.4 Å². The summed E-state index contributed by atoms with van der Waals surface area (Å²) in [5.74, 6) is -3.07. The number of nitrogens with zero attached hydrogens (tertiary/aromatic N) is 1. The average Bonchev–Trinajstić information content (AvgIpc) is 2.98. The van der Waals surface area contributed by atoms with E-state index in [4.69, 9.17) is 0 Å². The molecule has 1 N–H and O–H groups in total. The van der Waals surface area contributed by atoms with Gasteiger partial charge in [0, 0.05) is 18.7 Å². The van der Waals surface area contributed by atoms with Crippen molar-refractivity contribution in [3.05, 3.63) is 59.2 Å². The smallest absolute Gasteiger partial charge is 0.229 e. The Bertz CT molecular complexity index is 847. The Balaban J connectivity index is 1.80. The molecule has 1 heterocycles. The van der Waals surface area contributed by atoms with E-state index < -0.39 is 29.1 Å². The van der Waals surface area contributed by atoms with Gasteiger partial charge in [0.25, 0.3) is 0 Å². The van der Waals surface area contributed by atoms with Crippen LogP contribution in [-0.4, -0.2) is 18.4 Å². The zero-order valence-corrected chi connectivity index (χ0v) is 14.7. The largest absolute Gasteiger partial charge is 0.325 e. The van der Waals surface area contributed by atoms with Crippen LogP contribution in [-0.2, 0) is 16.0 Å². The van der Waals surface area contributed by atoms with Gasteiger partial charge in [-0.3, -0.25) is 9.59 Å². The molecule has 0 aliphatic carbocycles. The Morgan fingerprint density at radius 1 is 1.19 bits per heavy atom. The lowest BCUT2D eigenvalue weighted by Gasteiger charge is -2.19. The first-order valence-electron chi connectivity index (χ1n) is 8.56. The second kappa shape index (κ2) is 7.23.